The molecule has 0 amide bonds. The van der Waals surface area contributed by atoms with E-state index in [1.165, 1.54) is 11.3 Å². The van der Waals surface area contributed by atoms with E-state index in [0.29, 0.717) is 5.75 Å². The summed E-state index contributed by atoms with van der Waals surface area (Å²) in [7, 11) is 0. The second kappa shape index (κ2) is 3.15. The van der Waals surface area contributed by atoms with Crippen LogP contribution in [0.4, 0.5) is 0 Å². The molecule has 34 valence electrons. The predicted octanol–water partition coefficient (Wildman–Crippen LogP) is -1.43. The maximum Gasteiger partial charge on any atom is 1.00 e. The molecule has 0 aliphatic heterocycles. The number of aromatic hydroxyl groups is 1. The van der Waals surface area contributed by atoms with Crippen LogP contribution in [0.3, 0.4) is 0 Å². The minimum absolute atomic E-state index is 0. The fraction of sp³-hybridized carbons (Fsp3) is 0. The van der Waals surface area contributed by atoms with Crippen LogP contribution < -0.4 is 18.9 Å². The van der Waals surface area contributed by atoms with Crippen molar-refractivity contribution in [3.63, 3.8) is 0 Å². The van der Waals surface area contributed by atoms with E-state index in [1.54, 1.807) is 11.4 Å². The van der Waals surface area contributed by atoms with Gasteiger partial charge in [-0.2, -0.15) is 0 Å². The monoisotopic (exact) mass is 108 g/mol. The third-order valence-corrected chi connectivity index (χ3v) is 1.18. The Morgan fingerprint density at radius 3 is 2.57 bits per heavy atom. The Morgan fingerprint density at radius 2 is 2.43 bits per heavy atom. The molecule has 0 atom stereocenters. The zero-order valence-corrected chi connectivity index (χ0v) is 4.90. The summed E-state index contributed by atoms with van der Waals surface area (Å²) in [5, 5.41) is 12.0. The molecular weight excluding hydrogens is 103 g/mol. The summed E-state index contributed by atoms with van der Waals surface area (Å²) >= 11 is 1.49. The second-order valence-electron chi connectivity index (χ2n) is 0.982. The third-order valence-electron chi connectivity index (χ3n) is 0.506. The van der Waals surface area contributed by atoms with Crippen molar-refractivity contribution in [3.05, 3.63) is 16.8 Å². The third kappa shape index (κ3) is 2.03. The van der Waals surface area contributed by atoms with E-state index in [0.717, 1.165) is 0 Å². The van der Waals surface area contributed by atoms with Crippen LogP contribution in [0.2, 0.25) is 0 Å². The summed E-state index contributed by atoms with van der Waals surface area (Å²) in [6.07, 6.45) is 0. The van der Waals surface area contributed by atoms with Gasteiger partial charge < -0.3 is 6.53 Å². The van der Waals surface area contributed by atoms with Crippen LogP contribution in [0.25, 0.3) is 0 Å². The van der Waals surface area contributed by atoms with E-state index < -0.39 is 0 Å². The number of hydrogen-bond acceptors (Lipinski definition) is 2. The van der Waals surface area contributed by atoms with E-state index in [9.17, 15) is 0 Å². The largest absolute Gasteiger partial charge is 1.00 e. The van der Waals surface area contributed by atoms with Crippen LogP contribution in [-0.4, -0.2) is 5.11 Å². The van der Waals surface area contributed by atoms with E-state index in [4.69, 9.17) is 5.11 Å². The molecular formula is C4H5LiOS. The number of thiophene rings is 1. The fourth-order valence-corrected chi connectivity index (χ4v) is 0.772. The zero-order valence-electron chi connectivity index (χ0n) is 5.09. The summed E-state index contributed by atoms with van der Waals surface area (Å²) in [5.41, 5.74) is 0. The summed E-state index contributed by atoms with van der Waals surface area (Å²) < 4.78 is 0. The van der Waals surface area contributed by atoms with Gasteiger partial charge in [-0.05, 0) is 11.4 Å². The van der Waals surface area contributed by atoms with Gasteiger partial charge >= 0.3 is 18.9 Å². The normalized spacial score (nSPS) is 7.43. The van der Waals surface area contributed by atoms with Crippen molar-refractivity contribution >= 4 is 11.3 Å². The van der Waals surface area contributed by atoms with Gasteiger partial charge in [0, 0.05) is 5.38 Å². The van der Waals surface area contributed by atoms with Crippen molar-refractivity contribution < 1.29 is 25.4 Å². The average molecular weight is 108 g/mol. The standard InChI is InChI=1S/C4H4OS.Li.H/c5-4-1-2-6-3-4;;/h1-3,5H;;/q;+1;-1. The topological polar surface area (TPSA) is 20.2 Å². The molecule has 1 rings (SSSR count). The number of hydrogen-bond donors (Lipinski definition) is 1. The first-order valence-electron chi connectivity index (χ1n) is 1.61. The van der Waals surface area contributed by atoms with Crippen LogP contribution in [0.5, 0.6) is 5.75 Å². The van der Waals surface area contributed by atoms with Gasteiger partial charge in [-0.1, -0.05) is 0 Å². The van der Waals surface area contributed by atoms with Gasteiger partial charge in [0.05, 0.1) is 0 Å². The molecule has 0 bridgehead atoms. The summed E-state index contributed by atoms with van der Waals surface area (Å²) in [6.45, 7) is 0. The van der Waals surface area contributed by atoms with E-state index >= 15 is 0 Å². The Morgan fingerprint density at radius 1 is 1.71 bits per heavy atom. The van der Waals surface area contributed by atoms with E-state index in [-0.39, 0.29) is 20.3 Å². The maximum absolute atomic E-state index is 8.48. The molecule has 0 aliphatic carbocycles. The molecule has 0 saturated carbocycles. The van der Waals surface area contributed by atoms with Crippen molar-refractivity contribution in [1.29, 1.82) is 0 Å². The van der Waals surface area contributed by atoms with Crippen LogP contribution in [-0.2, 0) is 0 Å². The van der Waals surface area contributed by atoms with Crippen molar-refractivity contribution in [3.8, 4) is 5.75 Å². The summed E-state index contributed by atoms with van der Waals surface area (Å²) in [4.78, 5) is 0. The number of rotatable bonds is 0. The van der Waals surface area contributed by atoms with Crippen LogP contribution in [0.1, 0.15) is 1.43 Å². The van der Waals surface area contributed by atoms with Gasteiger partial charge in [0.1, 0.15) is 5.75 Å². The molecule has 3 heteroatoms. The first-order valence-corrected chi connectivity index (χ1v) is 2.55. The predicted molar refractivity (Wildman–Crippen MR) is 27.1 cm³/mol. The Kier molecular flexibility index (Phi) is 3.19. The van der Waals surface area contributed by atoms with Crippen molar-refractivity contribution in [2.24, 2.45) is 0 Å². The van der Waals surface area contributed by atoms with Gasteiger partial charge in [-0.3, -0.25) is 0 Å². The SMILES string of the molecule is Oc1ccsc1.[H-].[Li+]. The van der Waals surface area contributed by atoms with Crippen molar-refractivity contribution in [1.82, 2.24) is 0 Å². The molecule has 1 heterocycles. The van der Waals surface area contributed by atoms with Crippen molar-refractivity contribution in [2.75, 3.05) is 0 Å². The van der Waals surface area contributed by atoms with Crippen LogP contribution in [0, 0.1) is 0 Å². The molecule has 0 spiro atoms. The van der Waals surface area contributed by atoms with Gasteiger partial charge in [0.25, 0.3) is 0 Å². The van der Waals surface area contributed by atoms with Crippen molar-refractivity contribution in [2.45, 2.75) is 0 Å². The van der Waals surface area contributed by atoms with Gasteiger partial charge in [0.15, 0.2) is 0 Å². The molecule has 0 radical (unpaired) electrons. The first kappa shape index (κ1) is 7.10. The zero-order chi connectivity index (χ0) is 4.41. The van der Waals surface area contributed by atoms with Crippen LogP contribution >= 0.6 is 11.3 Å². The first-order chi connectivity index (χ1) is 2.89. The Hall–Kier alpha value is 0.0974. The maximum atomic E-state index is 8.48. The molecule has 0 saturated heterocycles. The Balaban J connectivity index is 0. The van der Waals surface area contributed by atoms with E-state index in [1.807, 2.05) is 5.38 Å². The van der Waals surface area contributed by atoms with Gasteiger partial charge in [-0.15, -0.1) is 11.3 Å². The molecule has 7 heavy (non-hydrogen) atoms. The summed E-state index contributed by atoms with van der Waals surface area (Å²) in [5.74, 6) is 0.361. The molecule has 1 N–H and O–H groups in total. The molecule has 0 unspecified atom stereocenters. The molecule has 1 aromatic heterocycles. The molecule has 1 nitrogen and oxygen atoms in total. The Labute approximate surface area is 59.6 Å². The summed E-state index contributed by atoms with van der Waals surface area (Å²) in [6, 6.07) is 1.66. The average Bonchev–Trinajstić information content (AvgIpc) is 1.86. The minimum Gasteiger partial charge on any atom is -1.00 e. The molecule has 0 aromatic carbocycles. The molecule has 0 fully saturated rings. The molecule has 1 aromatic rings. The van der Waals surface area contributed by atoms with Crippen LogP contribution in [0.15, 0.2) is 16.8 Å². The van der Waals surface area contributed by atoms with E-state index in [2.05, 4.69) is 0 Å². The smallest absolute Gasteiger partial charge is 1.00 e. The van der Waals surface area contributed by atoms with Gasteiger partial charge in [0.2, 0.25) is 0 Å². The second-order valence-corrected chi connectivity index (χ2v) is 1.76. The Bertz CT molecular complexity index is 120. The quantitative estimate of drug-likeness (QED) is 0.404. The fourth-order valence-electron chi connectivity index (χ4n) is 0.257. The molecule has 0 aliphatic rings. The minimum atomic E-state index is 0. The van der Waals surface area contributed by atoms with Gasteiger partial charge in [-0.25, -0.2) is 0 Å².